The zero-order chi connectivity index (χ0) is 18.9. The second-order valence-electron chi connectivity index (χ2n) is 5.30. The average molecular weight is 359 g/mol. The fourth-order valence-electron chi connectivity index (χ4n) is 1.90. The van der Waals surface area contributed by atoms with Crippen LogP contribution in [0.15, 0.2) is 54.6 Å². The molecule has 0 aliphatic rings. The molecule has 0 saturated carbocycles. The summed E-state index contributed by atoms with van der Waals surface area (Å²) < 4.78 is 18.1. The molecule has 2 aromatic carbocycles. The minimum Gasteiger partial charge on any atom is -0.481 e. The van der Waals surface area contributed by atoms with Crippen molar-refractivity contribution >= 4 is 17.7 Å². The van der Waals surface area contributed by atoms with Gasteiger partial charge in [-0.1, -0.05) is 18.2 Å². The van der Waals surface area contributed by atoms with E-state index in [-0.39, 0.29) is 6.54 Å². The predicted octanol–water partition coefficient (Wildman–Crippen LogP) is 1.17. The summed E-state index contributed by atoms with van der Waals surface area (Å²) in [6, 6.07) is 13.6. The third kappa shape index (κ3) is 5.90. The van der Waals surface area contributed by atoms with Crippen LogP contribution in [0, 0.1) is 5.82 Å². The van der Waals surface area contributed by atoms with Gasteiger partial charge in [0.2, 0.25) is 0 Å². The Morgan fingerprint density at radius 1 is 1.00 bits per heavy atom. The molecule has 0 fully saturated rings. The molecule has 0 aliphatic heterocycles. The molecule has 0 unspecified atom stereocenters. The van der Waals surface area contributed by atoms with Gasteiger partial charge in [0.1, 0.15) is 11.6 Å². The van der Waals surface area contributed by atoms with E-state index in [2.05, 4.69) is 16.2 Å². The van der Waals surface area contributed by atoms with Crippen LogP contribution < -0.4 is 20.9 Å². The number of hydrazine groups is 1. The van der Waals surface area contributed by atoms with Crippen LogP contribution in [0.3, 0.4) is 0 Å². The predicted molar refractivity (Wildman–Crippen MR) is 91.6 cm³/mol. The van der Waals surface area contributed by atoms with Crippen molar-refractivity contribution in [3.8, 4) is 5.75 Å². The Labute approximate surface area is 149 Å². The number of rotatable bonds is 6. The maximum atomic E-state index is 12.8. The molecule has 2 rings (SSSR count). The van der Waals surface area contributed by atoms with Gasteiger partial charge < -0.3 is 10.1 Å². The van der Waals surface area contributed by atoms with Crippen molar-refractivity contribution < 1.29 is 23.5 Å². The number of carbonyl (C=O) groups is 3. The number of hydrogen-bond donors (Lipinski definition) is 3. The zero-order valence-corrected chi connectivity index (χ0v) is 14.0. The van der Waals surface area contributed by atoms with Gasteiger partial charge in [-0.15, -0.1) is 0 Å². The van der Waals surface area contributed by atoms with E-state index in [0.29, 0.717) is 11.3 Å². The molecule has 1 atom stereocenters. The summed E-state index contributed by atoms with van der Waals surface area (Å²) in [5.74, 6) is -1.71. The van der Waals surface area contributed by atoms with Crippen molar-refractivity contribution in [3.05, 3.63) is 66.0 Å². The SMILES string of the molecule is C[C@@H](Oc1ccc(F)cc1)C(=O)NNC(=O)CNC(=O)c1ccccc1. The number of nitrogens with one attached hydrogen (secondary N) is 3. The number of benzene rings is 2. The van der Waals surface area contributed by atoms with Crippen molar-refractivity contribution in [2.45, 2.75) is 13.0 Å². The molecule has 3 N–H and O–H groups in total. The summed E-state index contributed by atoms with van der Waals surface area (Å²) in [4.78, 5) is 35.3. The number of hydrogen-bond acceptors (Lipinski definition) is 4. The lowest BCUT2D eigenvalue weighted by molar-refractivity contribution is -0.132. The van der Waals surface area contributed by atoms with Crippen LogP contribution in [0.1, 0.15) is 17.3 Å². The molecule has 0 spiro atoms. The van der Waals surface area contributed by atoms with Gasteiger partial charge in [-0.05, 0) is 43.3 Å². The standard InChI is InChI=1S/C18H18FN3O4/c1-12(26-15-9-7-14(19)8-10-15)17(24)22-21-16(23)11-20-18(25)13-5-3-2-4-6-13/h2-10,12H,11H2,1H3,(H,20,25)(H,21,23)(H,22,24)/t12-/m1/s1. The van der Waals surface area contributed by atoms with Crippen LogP contribution in [0.25, 0.3) is 0 Å². The van der Waals surface area contributed by atoms with Crippen LogP contribution in [-0.4, -0.2) is 30.4 Å². The minimum atomic E-state index is -0.917. The number of ether oxygens (including phenoxy) is 1. The molecule has 0 aromatic heterocycles. The molecule has 0 heterocycles. The average Bonchev–Trinajstić information content (AvgIpc) is 2.66. The summed E-state index contributed by atoms with van der Waals surface area (Å²) >= 11 is 0. The Kier molecular flexibility index (Phi) is 6.67. The number of amides is 3. The van der Waals surface area contributed by atoms with Gasteiger partial charge in [0, 0.05) is 5.56 Å². The molecular formula is C18H18FN3O4. The Morgan fingerprint density at radius 2 is 1.65 bits per heavy atom. The highest BCUT2D eigenvalue weighted by Gasteiger charge is 2.15. The molecule has 0 aliphatic carbocycles. The topological polar surface area (TPSA) is 96.5 Å². The van der Waals surface area contributed by atoms with E-state index < -0.39 is 29.6 Å². The highest BCUT2D eigenvalue weighted by atomic mass is 19.1. The van der Waals surface area contributed by atoms with E-state index in [0.717, 1.165) is 0 Å². The molecule has 0 radical (unpaired) electrons. The van der Waals surface area contributed by atoms with E-state index in [4.69, 9.17) is 4.74 Å². The van der Waals surface area contributed by atoms with Crippen LogP contribution in [0.5, 0.6) is 5.75 Å². The normalized spacial score (nSPS) is 11.2. The van der Waals surface area contributed by atoms with Crippen LogP contribution in [0.2, 0.25) is 0 Å². The molecular weight excluding hydrogens is 341 g/mol. The molecule has 0 bridgehead atoms. The lowest BCUT2D eigenvalue weighted by Gasteiger charge is -2.15. The highest BCUT2D eigenvalue weighted by molar-refractivity contribution is 5.96. The fraction of sp³-hybridized carbons (Fsp3) is 0.167. The van der Waals surface area contributed by atoms with Gasteiger partial charge in [-0.2, -0.15) is 0 Å². The van der Waals surface area contributed by atoms with E-state index in [9.17, 15) is 18.8 Å². The van der Waals surface area contributed by atoms with Crippen LogP contribution >= 0.6 is 0 Å². The number of halogens is 1. The summed E-state index contributed by atoms with van der Waals surface area (Å²) in [6.45, 7) is 1.17. The lowest BCUT2D eigenvalue weighted by atomic mass is 10.2. The van der Waals surface area contributed by atoms with Gasteiger partial charge in [-0.3, -0.25) is 25.2 Å². The van der Waals surface area contributed by atoms with E-state index in [1.54, 1.807) is 30.3 Å². The largest absolute Gasteiger partial charge is 0.481 e. The van der Waals surface area contributed by atoms with Crippen molar-refractivity contribution in [3.63, 3.8) is 0 Å². The van der Waals surface area contributed by atoms with E-state index in [1.807, 2.05) is 0 Å². The Hall–Kier alpha value is -3.42. The molecule has 0 saturated heterocycles. The molecule has 3 amide bonds. The smallest absolute Gasteiger partial charge is 0.279 e. The van der Waals surface area contributed by atoms with Gasteiger partial charge in [-0.25, -0.2) is 4.39 Å². The summed E-state index contributed by atoms with van der Waals surface area (Å²) in [7, 11) is 0. The van der Waals surface area contributed by atoms with Gasteiger partial charge in [0.25, 0.3) is 17.7 Å². The quantitative estimate of drug-likeness (QED) is 0.675. The first-order valence-electron chi connectivity index (χ1n) is 7.80. The second kappa shape index (κ2) is 9.16. The first-order chi connectivity index (χ1) is 12.5. The van der Waals surface area contributed by atoms with Crippen molar-refractivity contribution in [2.75, 3.05) is 6.54 Å². The third-order valence-electron chi connectivity index (χ3n) is 3.27. The molecule has 26 heavy (non-hydrogen) atoms. The Morgan fingerprint density at radius 3 is 2.31 bits per heavy atom. The number of carbonyl (C=O) groups excluding carboxylic acids is 3. The summed E-state index contributed by atoms with van der Waals surface area (Å²) in [6.07, 6.45) is -0.917. The summed E-state index contributed by atoms with van der Waals surface area (Å²) in [5, 5.41) is 2.43. The van der Waals surface area contributed by atoms with Crippen molar-refractivity contribution in [1.82, 2.24) is 16.2 Å². The first-order valence-corrected chi connectivity index (χ1v) is 7.80. The third-order valence-corrected chi connectivity index (χ3v) is 3.27. The Bertz CT molecular complexity index is 766. The lowest BCUT2D eigenvalue weighted by Crippen LogP contribution is -2.50. The summed E-state index contributed by atoms with van der Waals surface area (Å²) in [5.41, 5.74) is 4.78. The maximum Gasteiger partial charge on any atom is 0.279 e. The zero-order valence-electron chi connectivity index (χ0n) is 14.0. The van der Waals surface area contributed by atoms with Gasteiger partial charge >= 0.3 is 0 Å². The first kappa shape index (κ1) is 18.9. The second-order valence-corrected chi connectivity index (χ2v) is 5.30. The molecule has 7 nitrogen and oxygen atoms in total. The van der Waals surface area contributed by atoms with E-state index in [1.165, 1.54) is 31.2 Å². The van der Waals surface area contributed by atoms with Gasteiger partial charge in [0.15, 0.2) is 6.10 Å². The minimum absolute atomic E-state index is 0.304. The van der Waals surface area contributed by atoms with Crippen LogP contribution in [-0.2, 0) is 9.59 Å². The van der Waals surface area contributed by atoms with Gasteiger partial charge in [0.05, 0.1) is 6.54 Å². The maximum absolute atomic E-state index is 12.8. The van der Waals surface area contributed by atoms with Crippen molar-refractivity contribution in [2.24, 2.45) is 0 Å². The monoisotopic (exact) mass is 359 g/mol. The van der Waals surface area contributed by atoms with Crippen LogP contribution in [0.4, 0.5) is 4.39 Å². The molecule has 136 valence electrons. The fourth-order valence-corrected chi connectivity index (χ4v) is 1.90. The van der Waals surface area contributed by atoms with E-state index >= 15 is 0 Å². The molecule has 8 heteroatoms. The Balaban J connectivity index is 1.71. The van der Waals surface area contributed by atoms with Crippen molar-refractivity contribution in [1.29, 1.82) is 0 Å². The molecule has 2 aromatic rings. The highest BCUT2D eigenvalue weighted by Crippen LogP contribution is 2.12.